The molecule has 4 aliphatic rings. The minimum atomic E-state index is -0.723. The number of esters is 1. The predicted molar refractivity (Wildman–Crippen MR) is 160 cm³/mol. The van der Waals surface area contributed by atoms with Gasteiger partial charge in [-0.2, -0.15) is 0 Å². The Bertz CT molecular complexity index is 868. The van der Waals surface area contributed by atoms with Crippen LogP contribution in [0.4, 0.5) is 0 Å². The summed E-state index contributed by atoms with van der Waals surface area (Å²) in [6.07, 6.45) is 10.2. The van der Waals surface area contributed by atoms with Gasteiger partial charge in [0.15, 0.2) is 0 Å². The second kappa shape index (κ2) is 13.8. The highest BCUT2D eigenvalue weighted by Crippen LogP contribution is 2.68. The van der Waals surface area contributed by atoms with Crippen LogP contribution in [0.3, 0.4) is 0 Å². The molecule has 4 aliphatic carbocycles. The smallest absolute Gasteiger partial charge is 0.306 e. The lowest BCUT2D eigenvalue weighted by Gasteiger charge is -2.62. The van der Waals surface area contributed by atoms with Crippen LogP contribution in [0, 0.1) is 46.3 Å². The number of carbonyl (C=O) groups excluding carboxylic acids is 1. The topological polar surface area (TPSA) is 87.1 Å². The molecule has 2 N–H and O–H groups in total. The summed E-state index contributed by atoms with van der Waals surface area (Å²) in [6.45, 7) is 9.37. The van der Waals surface area contributed by atoms with Crippen LogP contribution in [0.1, 0.15) is 97.8 Å². The molecule has 230 valence electrons. The van der Waals surface area contributed by atoms with Crippen molar-refractivity contribution in [1.82, 2.24) is 4.90 Å². The first-order valence-corrected chi connectivity index (χ1v) is 17.0. The van der Waals surface area contributed by atoms with E-state index < -0.39 is 5.97 Å². The number of aliphatic hydroxyl groups excluding tert-OH is 1. The van der Waals surface area contributed by atoms with Gasteiger partial charge in [-0.05, 0) is 117 Å². The fraction of sp³-hybridized carbons (Fsp3) is 0.938. The van der Waals surface area contributed by atoms with Crippen LogP contribution in [0.15, 0.2) is 0 Å². The fourth-order valence-corrected chi connectivity index (χ4v) is 10.5. The number of carboxylic acid groups (broad SMARTS) is 1. The van der Waals surface area contributed by atoms with Gasteiger partial charge >= 0.3 is 11.9 Å². The predicted octanol–water partition coefficient (Wildman–Crippen LogP) is 6.59. The molecule has 4 saturated carbocycles. The second-order valence-electron chi connectivity index (χ2n) is 14.1. The van der Waals surface area contributed by atoms with E-state index in [0.29, 0.717) is 60.1 Å². The zero-order valence-electron chi connectivity index (χ0n) is 25.0. The molecule has 6 nitrogen and oxygen atoms in total. The molecule has 0 aromatic heterocycles. The number of hydrogen-bond acceptors (Lipinski definition) is 5. The number of carboxylic acids is 1. The minimum absolute atomic E-state index is 0.00800. The van der Waals surface area contributed by atoms with Gasteiger partial charge < -0.3 is 19.8 Å². The first kappa shape index (κ1) is 32.4. The summed E-state index contributed by atoms with van der Waals surface area (Å²) < 4.78 is 6.01. The largest absolute Gasteiger partial charge is 0.481 e. The van der Waals surface area contributed by atoms with Crippen molar-refractivity contribution >= 4 is 35.1 Å². The van der Waals surface area contributed by atoms with Crippen molar-refractivity contribution in [3.05, 3.63) is 0 Å². The zero-order valence-corrected chi connectivity index (χ0v) is 26.5. The molecule has 10 atom stereocenters. The number of rotatable bonds is 13. The van der Waals surface area contributed by atoms with Gasteiger partial charge in [0.1, 0.15) is 6.10 Å². The number of aliphatic hydroxyl groups is 1. The van der Waals surface area contributed by atoms with Crippen molar-refractivity contribution in [2.75, 3.05) is 31.4 Å². The molecule has 0 aromatic carbocycles. The molecule has 0 aliphatic heterocycles. The van der Waals surface area contributed by atoms with Crippen molar-refractivity contribution < 1.29 is 24.5 Å². The van der Waals surface area contributed by atoms with E-state index in [4.69, 9.17) is 27.9 Å². The van der Waals surface area contributed by atoms with E-state index in [2.05, 4.69) is 25.7 Å². The van der Waals surface area contributed by atoms with E-state index in [1.165, 1.54) is 12.8 Å². The second-order valence-corrected chi connectivity index (χ2v) is 14.8. The Kier molecular flexibility index (Phi) is 11.2. The van der Waals surface area contributed by atoms with Crippen molar-refractivity contribution in [3.8, 4) is 0 Å². The Hall–Kier alpha value is -0.560. The lowest BCUT2D eigenvalue weighted by molar-refractivity contribution is -0.181. The molecule has 4 rings (SSSR count). The standard InChI is InChI=1S/C32H53Cl2NO5/c1-21(6-11-29(37)38)25-9-10-26-24-8-7-22-19-23(40-30(39)5-4-16-35(17-14-33)18-15-34)12-13-31(22,2)27(24)20-28(36)32(25,26)3/h21-28,36H,4-20H2,1-3H3,(H,37,38)/t21-,22-,23-,24+,25-,26+,27+,28+,31+,32-/m1/s1. The van der Waals surface area contributed by atoms with Gasteiger partial charge in [0, 0.05) is 37.7 Å². The number of hydrogen-bond donors (Lipinski definition) is 2. The number of fused-ring (bicyclic) bond motifs is 5. The lowest BCUT2D eigenvalue weighted by Crippen LogP contribution is -2.59. The summed E-state index contributed by atoms with van der Waals surface area (Å²) in [6, 6.07) is 0. The SMILES string of the molecule is C[C@H](CCC(=O)O)[C@H]1CC[C@H]2[C@@H]3CC[C@@H]4C[C@H](OC(=O)CCCN(CCCl)CCCl)CC[C@]4(C)[C@H]3C[C@H](O)[C@]12C. The van der Waals surface area contributed by atoms with Crippen molar-refractivity contribution in [1.29, 1.82) is 0 Å². The van der Waals surface area contributed by atoms with E-state index in [1.54, 1.807) is 0 Å². The third kappa shape index (κ3) is 6.65. The fourth-order valence-electron chi connectivity index (χ4n) is 10.1. The summed E-state index contributed by atoms with van der Waals surface area (Å²) in [4.78, 5) is 26.1. The molecule has 8 heteroatoms. The maximum atomic E-state index is 12.7. The molecule has 0 amide bonds. The Labute approximate surface area is 251 Å². The number of nitrogens with zero attached hydrogens (tertiary/aromatic N) is 1. The summed E-state index contributed by atoms with van der Waals surface area (Å²) in [5, 5.41) is 21.0. The van der Waals surface area contributed by atoms with Gasteiger partial charge in [0.2, 0.25) is 0 Å². The van der Waals surface area contributed by atoms with Gasteiger partial charge in [-0.3, -0.25) is 9.59 Å². The Morgan fingerprint density at radius 2 is 1.70 bits per heavy atom. The molecule has 0 heterocycles. The third-order valence-electron chi connectivity index (χ3n) is 12.3. The van der Waals surface area contributed by atoms with Crippen molar-refractivity contribution in [2.45, 2.75) is 110 Å². The highest BCUT2D eigenvalue weighted by Gasteiger charge is 2.63. The van der Waals surface area contributed by atoms with E-state index in [0.717, 1.165) is 64.6 Å². The average Bonchev–Trinajstić information content (AvgIpc) is 3.27. The number of aliphatic carboxylic acids is 1. The molecule has 0 bridgehead atoms. The molecular weight excluding hydrogens is 549 g/mol. The first-order valence-electron chi connectivity index (χ1n) is 16.0. The molecule has 0 aromatic rings. The average molecular weight is 603 g/mol. The van der Waals surface area contributed by atoms with E-state index in [9.17, 15) is 19.8 Å². The molecule has 0 saturated heterocycles. The molecule has 0 spiro atoms. The lowest BCUT2D eigenvalue weighted by atomic mass is 9.43. The quantitative estimate of drug-likeness (QED) is 0.183. The number of halogens is 2. The van der Waals surface area contributed by atoms with E-state index in [-0.39, 0.29) is 35.4 Å². The maximum Gasteiger partial charge on any atom is 0.306 e. The van der Waals surface area contributed by atoms with Gasteiger partial charge in [0.25, 0.3) is 0 Å². The van der Waals surface area contributed by atoms with Crippen LogP contribution in [0.25, 0.3) is 0 Å². The highest BCUT2D eigenvalue weighted by molar-refractivity contribution is 6.18. The van der Waals surface area contributed by atoms with Crippen LogP contribution in [0.5, 0.6) is 0 Å². The van der Waals surface area contributed by atoms with Crippen molar-refractivity contribution in [3.63, 3.8) is 0 Å². The monoisotopic (exact) mass is 601 g/mol. The van der Waals surface area contributed by atoms with Crippen LogP contribution in [-0.2, 0) is 14.3 Å². The van der Waals surface area contributed by atoms with Gasteiger partial charge in [0.05, 0.1) is 6.10 Å². The van der Waals surface area contributed by atoms with Crippen LogP contribution >= 0.6 is 23.2 Å². The number of carbonyl (C=O) groups is 2. The normalized spacial score (nSPS) is 39.7. The molecule has 40 heavy (non-hydrogen) atoms. The number of ether oxygens (including phenoxy) is 1. The van der Waals surface area contributed by atoms with Gasteiger partial charge in [-0.1, -0.05) is 20.8 Å². The Balaban J connectivity index is 1.33. The molecule has 0 radical (unpaired) electrons. The van der Waals surface area contributed by atoms with Crippen LogP contribution in [-0.4, -0.2) is 70.7 Å². The van der Waals surface area contributed by atoms with Gasteiger partial charge in [-0.15, -0.1) is 23.2 Å². The van der Waals surface area contributed by atoms with Crippen LogP contribution in [0.2, 0.25) is 0 Å². The Morgan fingerprint density at radius 3 is 2.38 bits per heavy atom. The summed E-state index contributed by atoms with van der Waals surface area (Å²) in [5.74, 6) is 3.23. The van der Waals surface area contributed by atoms with Gasteiger partial charge in [-0.25, -0.2) is 0 Å². The summed E-state index contributed by atoms with van der Waals surface area (Å²) in [5.41, 5.74) is 0.0723. The molecular formula is C32H53Cl2NO5. The minimum Gasteiger partial charge on any atom is -0.481 e. The maximum absolute atomic E-state index is 12.7. The summed E-state index contributed by atoms with van der Waals surface area (Å²) >= 11 is 11.8. The van der Waals surface area contributed by atoms with E-state index in [1.807, 2.05) is 0 Å². The summed E-state index contributed by atoms with van der Waals surface area (Å²) in [7, 11) is 0. The molecule has 4 fully saturated rings. The third-order valence-corrected chi connectivity index (χ3v) is 12.6. The zero-order chi connectivity index (χ0) is 29.1. The van der Waals surface area contributed by atoms with Crippen LogP contribution < -0.4 is 0 Å². The highest BCUT2D eigenvalue weighted by atomic mass is 35.5. The van der Waals surface area contributed by atoms with E-state index >= 15 is 0 Å². The molecule has 0 unspecified atom stereocenters. The first-order chi connectivity index (χ1) is 19.0. The number of alkyl halides is 2. The Morgan fingerprint density at radius 1 is 0.975 bits per heavy atom. The van der Waals surface area contributed by atoms with Crippen molar-refractivity contribution in [2.24, 2.45) is 46.3 Å².